The molecule has 1 aromatic carbocycles. The Labute approximate surface area is 208 Å². The Morgan fingerprint density at radius 2 is 2.00 bits per heavy atom. The van der Waals surface area contributed by atoms with Crippen LogP contribution in [0.4, 0.5) is 0 Å². The number of hydrogen-bond acceptors (Lipinski definition) is 4. The van der Waals surface area contributed by atoms with Crippen LogP contribution in [0.3, 0.4) is 0 Å². The number of nitrogens with one attached hydrogen (secondary N) is 1. The van der Waals surface area contributed by atoms with Crippen molar-refractivity contribution in [3.8, 4) is 0 Å². The molecule has 2 aliphatic carbocycles. The smallest absolute Gasteiger partial charge is 0.135 e. The first kappa shape index (κ1) is 23.6. The zero-order valence-corrected chi connectivity index (χ0v) is 22.4. The number of benzene rings is 1. The van der Waals surface area contributed by atoms with E-state index in [0.29, 0.717) is 35.5 Å². The van der Waals surface area contributed by atoms with Gasteiger partial charge in [-0.3, -0.25) is 5.41 Å². The number of nitrogens with zero attached hydrogens (tertiary/aromatic N) is 2. The SMILES string of the molecule is Cc1nc(C2=C(O)CN(C[C@]3(C)CCC[C@]4(C)c5ccc(C(C)C)cc5CCC34)C2=N)sc1C. The zero-order valence-electron chi connectivity index (χ0n) is 21.6. The standard InChI is InChI=1S/C29H39N3OS/c1-17(2)20-8-10-22-21(14-20)9-11-24-28(5,12-7-13-29(22,24)6)16-32-15-23(33)25(26(32)30)27-31-18(3)19(4)34-27/h8,10,14,17,24,30,33H,7,9,11-13,15-16H2,1-6H3/t24?,28-,29+/m0/s1. The number of aromatic nitrogens is 1. The molecular formula is C29H39N3OS. The maximum Gasteiger partial charge on any atom is 0.135 e. The first-order valence-electron chi connectivity index (χ1n) is 12.9. The number of aliphatic hydroxyl groups is 1. The van der Waals surface area contributed by atoms with Gasteiger partial charge in [-0.05, 0) is 78.9 Å². The second kappa shape index (κ2) is 8.22. The van der Waals surface area contributed by atoms with Gasteiger partial charge >= 0.3 is 0 Å². The summed E-state index contributed by atoms with van der Waals surface area (Å²) in [5.74, 6) is 1.89. The predicted octanol–water partition coefficient (Wildman–Crippen LogP) is 7.16. The predicted molar refractivity (Wildman–Crippen MR) is 142 cm³/mol. The molecule has 2 aromatic rings. The molecular weight excluding hydrogens is 438 g/mol. The lowest BCUT2D eigenvalue weighted by Gasteiger charge is -2.56. The van der Waals surface area contributed by atoms with Gasteiger partial charge in [0, 0.05) is 11.4 Å². The molecule has 1 saturated carbocycles. The quantitative estimate of drug-likeness (QED) is 0.491. The Hall–Kier alpha value is -2.14. The minimum Gasteiger partial charge on any atom is -0.510 e. The fraction of sp³-hybridized carbons (Fsp3) is 0.586. The Kier molecular flexibility index (Phi) is 5.70. The molecule has 5 rings (SSSR count). The molecule has 2 heterocycles. The van der Waals surface area contributed by atoms with Crippen LogP contribution < -0.4 is 0 Å². The number of rotatable bonds is 4. The molecule has 0 amide bonds. The zero-order chi connectivity index (χ0) is 24.4. The van der Waals surface area contributed by atoms with Crippen molar-refractivity contribution in [3.05, 3.63) is 56.2 Å². The number of aryl methyl sites for hydroxylation is 3. The summed E-state index contributed by atoms with van der Waals surface area (Å²) in [5.41, 5.74) is 6.48. The summed E-state index contributed by atoms with van der Waals surface area (Å²) >= 11 is 1.58. The number of fused-ring (bicyclic) bond motifs is 3. The number of thiazole rings is 1. The second-order valence-corrected chi connectivity index (χ2v) is 13.0. The molecule has 34 heavy (non-hydrogen) atoms. The highest BCUT2D eigenvalue weighted by molar-refractivity contribution is 7.13. The van der Waals surface area contributed by atoms with Gasteiger partial charge in [-0.15, -0.1) is 11.3 Å². The van der Waals surface area contributed by atoms with Crippen LogP contribution in [-0.2, 0) is 11.8 Å². The fourth-order valence-corrected chi connectivity index (χ4v) is 8.18. The minimum atomic E-state index is 0.109. The Bertz CT molecular complexity index is 1160. The third-order valence-corrected chi connectivity index (χ3v) is 10.2. The van der Waals surface area contributed by atoms with Gasteiger partial charge in [0.15, 0.2) is 0 Å². The topological polar surface area (TPSA) is 60.2 Å². The van der Waals surface area contributed by atoms with Gasteiger partial charge in [0.1, 0.15) is 16.6 Å². The van der Waals surface area contributed by atoms with Gasteiger partial charge < -0.3 is 10.0 Å². The van der Waals surface area contributed by atoms with Crippen molar-refractivity contribution >= 4 is 22.7 Å². The molecule has 0 spiro atoms. The Morgan fingerprint density at radius 1 is 1.24 bits per heavy atom. The maximum atomic E-state index is 10.8. The average molecular weight is 478 g/mol. The van der Waals surface area contributed by atoms with Crippen molar-refractivity contribution in [3.63, 3.8) is 0 Å². The molecule has 182 valence electrons. The summed E-state index contributed by atoms with van der Waals surface area (Å²) in [6, 6.07) is 7.25. The van der Waals surface area contributed by atoms with Crippen molar-refractivity contribution in [2.45, 2.75) is 85.0 Å². The van der Waals surface area contributed by atoms with Crippen molar-refractivity contribution in [1.82, 2.24) is 9.88 Å². The van der Waals surface area contributed by atoms with Gasteiger partial charge in [-0.1, -0.05) is 52.3 Å². The van der Waals surface area contributed by atoms with Gasteiger partial charge in [-0.2, -0.15) is 0 Å². The minimum absolute atomic E-state index is 0.109. The van der Waals surface area contributed by atoms with Crippen LogP contribution >= 0.6 is 11.3 Å². The van der Waals surface area contributed by atoms with Crippen molar-refractivity contribution in [2.75, 3.05) is 13.1 Å². The van der Waals surface area contributed by atoms with E-state index >= 15 is 0 Å². The lowest BCUT2D eigenvalue weighted by Crippen LogP contribution is -2.53. The highest BCUT2D eigenvalue weighted by Crippen LogP contribution is 2.58. The van der Waals surface area contributed by atoms with Crippen LogP contribution in [0.1, 0.15) is 91.6 Å². The molecule has 1 fully saturated rings. The number of amidine groups is 1. The largest absolute Gasteiger partial charge is 0.510 e. The Morgan fingerprint density at radius 3 is 2.68 bits per heavy atom. The van der Waals surface area contributed by atoms with E-state index in [4.69, 9.17) is 5.41 Å². The first-order valence-corrected chi connectivity index (χ1v) is 13.7. The van der Waals surface area contributed by atoms with E-state index < -0.39 is 0 Å². The molecule has 0 radical (unpaired) electrons. The fourth-order valence-electron chi connectivity index (χ4n) is 7.20. The third-order valence-electron chi connectivity index (χ3n) is 9.14. The highest BCUT2D eigenvalue weighted by Gasteiger charge is 2.52. The van der Waals surface area contributed by atoms with E-state index in [1.54, 1.807) is 22.5 Å². The van der Waals surface area contributed by atoms with Crippen LogP contribution in [0.5, 0.6) is 0 Å². The van der Waals surface area contributed by atoms with Crippen LogP contribution in [0, 0.1) is 30.6 Å². The van der Waals surface area contributed by atoms with Crippen LogP contribution in [0.25, 0.3) is 5.57 Å². The molecule has 0 saturated heterocycles. The summed E-state index contributed by atoms with van der Waals surface area (Å²) in [5, 5.41) is 20.6. The van der Waals surface area contributed by atoms with E-state index in [1.165, 1.54) is 31.2 Å². The number of hydrogen-bond donors (Lipinski definition) is 2. The monoisotopic (exact) mass is 477 g/mol. The van der Waals surface area contributed by atoms with Gasteiger partial charge in [0.2, 0.25) is 0 Å². The van der Waals surface area contributed by atoms with E-state index in [9.17, 15) is 5.11 Å². The van der Waals surface area contributed by atoms with E-state index in [-0.39, 0.29) is 10.8 Å². The van der Waals surface area contributed by atoms with Crippen LogP contribution in [-0.4, -0.2) is 33.9 Å². The van der Waals surface area contributed by atoms with Crippen molar-refractivity contribution in [1.29, 1.82) is 5.41 Å². The molecule has 0 bridgehead atoms. The summed E-state index contributed by atoms with van der Waals surface area (Å²) in [4.78, 5) is 7.91. The molecule has 3 aliphatic rings. The summed E-state index contributed by atoms with van der Waals surface area (Å²) in [6.45, 7) is 14.8. The average Bonchev–Trinajstić information content (AvgIpc) is 3.24. The Balaban J connectivity index is 1.41. The van der Waals surface area contributed by atoms with Crippen molar-refractivity contribution in [2.24, 2.45) is 11.3 Å². The van der Waals surface area contributed by atoms with Crippen LogP contribution in [0.2, 0.25) is 0 Å². The first-order chi connectivity index (χ1) is 16.0. The molecule has 3 atom stereocenters. The van der Waals surface area contributed by atoms with Crippen molar-refractivity contribution < 1.29 is 5.11 Å². The second-order valence-electron chi connectivity index (χ2n) is 11.8. The third kappa shape index (κ3) is 3.62. The summed E-state index contributed by atoms with van der Waals surface area (Å²) < 4.78 is 0. The van der Waals surface area contributed by atoms with Gasteiger partial charge in [0.05, 0.1) is 17.8 Å². The lowest BCUT2D eigenvalue weighted by atomic mass is 9.49. The molecule has 4 nitrogen and oxygen atoms in total. The van der Waals surface area contributed by atoms with Gasteiger partial charge in [0.25, 0.3) is 0 Å². The maximum absolute atomic E-state index is 10.8. The number of aliphatic hydroxyl groups excluding tert-OH is 1. The molecule has 1 aliphatic heterocycles. The summed E-state index contributed by atoms with van der Waals surface area (Å²) in [6.07, 6.45) is 6.00. The van der Waals surface area contributed by atoms with E-state index in [1.807, 2.05) is 6.92 Å². The normalized spacial score (nSPS) is 29.1. The lowest BCUT2D eigenvalue weighted by molar-refractivity contribution is 0.0108. The molecule has 2 N–H and O–H groups in total. The molecule has 5 heteroatoms. The highest BCUT2D eigenvalue weighted by atomic mass is 32.1. The molecule has 1 unspecified atom stereocenters. The van der Waals surface area contributed by atoms with E-state index in [2.05, 4.69) is 62.7 Å². The summed E-state index contributed by atoms with van der Waals surface area (Å²) in [7, 11) is 0. The van der Waals surface area contributed by atoms with E-state index in [0.717, 1.165) is 28.5 Å². The molecule has 1 aromatic heterocycles. The van der Waals surface area contributed by atoms with Gasteiger partial charge in [-0.25, -0.2) is 4.98 Å². The van der Waals surface area contributed by atoms with Crippen LogP contribution in [0.15, 0.2) is 24.0 Å².